The highest BCUT2D eigenvalue weighted by molar-refractivity contribution is 6.46. The molecule has 2 heterocycles. The molecule has 0 bridgehead atoms. The Labute approximate surface area is 207 Å². The number of carbonyl (C=O) groups excluding carboxylic acids is 2. The van der Waals surface area contributed by atoms with Crippen molar-refractivity contribution in [2.75, 3.05) is 6.54 Å². The molecule has 182 valence electrons. The molecule has 1 N–H and O–H groups in total. The maximum atomic E-state index is 13.2. The number of benzene rings is 3. The summed E-state index contributed by atoms with van der Waals surface area (Å²) in [5, 5.41) is 22.5. The van der Waals surface area contributed by atoms with E-state index in [2.05, 4.69) is 0 Å². The molecule has 1 amide bonds. The Morgan fingerprint density at radius 2 is 1.81 bits per heavy atom. The Hall–Kier alpha value is -4.46. The maximum Gasteiger partial charge on any atom is 0.295 e. The highest BCUT2D eigenvalue weighted by atomic mass is 16.6. The van der Waals surface area contributed by atoms with Crippen molar-refractivity contribution in [2.24, 2.45) is 0 Å². The van der Waals surface area contributed by atoms with Gasteiger partial charge in [-0.2, -0.15) is 0 Å². The molecule has 2 unspecified atom stereocenters. The van der Waals surface area contributed by atoms with Crippen LogP contribution in [0.1, 0.15) is 35.2 Å². The lowest BCUT2D eigenvalue weighted by atomic mass is 9.94. The summed E-state index contributed by atoms with van der Waals surface area (Å²) in [6.45, 7) is 2.19. The standard InChI is InChI=1S/C28H24N2O6/c1-17-15-21-16-20(9-12-23(21)36-17)26(31)24-25(19-7-10-22(11-8-19)30(34)35)29(28(33)27(24)32)14-13-18-5-3-2-4-6-18/h2-12,16-17,25,31H,13-15H2,1H3/b26-24-. The first-order valence-corrected chi connectivity index (χ1v) is 11.7. The van der Waals surface area contributed by atoms with Crippen LogP contribution in [0, 0.1) is 10.1 Å². The number of Topliss-reactive ketones (excluding diaryl/α,β-unsaturated/α-hetero) is 1. The number of aliphatic hydroxyl groups is 1. The summed E-state index contributed by atoms with van der Waals surface area (Å²) in [4.78, 5) is 38.5. The van der Waals surface area contributed by atoms with Crippen LogP contribution in [0.2, 0.25) is 0 Å². The predicted molar refractivity (Wildman–Crippen MR) is 132 cm³/mol. The van der Waals surface area contributed by atoms with Crippen molar-refractivity contribution >= 4 is 23.1 Å². The Morgan fingerprint density at radius 1 is 1.08 bits per heavy atom. The molecule has 2 aliphatic heterocycles. The van der Waals surface area contributed by atoms with E-state index in [-0.39, 0.29) is 29.7 Å². The van der Waals surface area contributed by atoms with Gasteiger partial charge in [-0.3, -0.25) is 19.7 Å². The van der Waals surface area contributed by atoms with Gasteiger partial charge in [-0.15, -0.1) is 0 Å². The van der Waals surface area contributed by atoms with Crippen molar-refractivity contribution in [3.05, 3.63) is 111 Å². The minimum atomic E-state index is -0.877. The molecule has 0 saturated carbocycles. The first-order valence-electron chi connectivity index (χ1n) is 11.7. The van der Waals surface area contributed by atoms with Crippen molar-refractivity contribution in [1.82, 2.24) is 4.90 Å². The number of likely N-dealkylation sites (tertiary alicyclic amines) is 1. The number of fused-ring (bicyclic) bond motifs is 1. The molecule has 2 atom stereocenters. The molecule has 1 fully saturated rings. The first-order chi connectivity index (χ1) is 17.3. The van der Waals surface area contributed by atoms with E-state index in [4.69, 9.17) is 4.74 Å². The molecular weight excluding hydrogens is 460 g/mol. The minimum absolute atomic E-state index is 0.0149. The zero-order valence-electron chi connectivity index (χ0n) is 19.6. The number of aliphatic hydroxyl groups excluding tert-OH is 1. The van der Waals surface area contributed by atoms with E-state index >= 15 is 0 Å². The van der Waals surface area contributed by atoms with Gasteiger partial charge in [0.2, 0.25) is 0 Å². The van der Waals surface area contributed by atoms with Crippen molar-refractivity contribution in [3.8, 4) is 5.75 Å². The molecule has 0 spiro atoms. The molecule has 0 aromatic heterocycles. The Kier molecular flexibility index (Phi) is 6.01. The topological polar surface area (TPSA) is 110 Å². The third-order valence-corrected chi connectivity index (χ3v) is 6.61. The Bertz CT molecular complexity index is 1380. The van der Waals surface area contributed by atoms with Gasteiger partial charge < -0.3 is 14.7 Å². The third-order valence-electron chi connectivity index (χ3n) is 6.61. The van der Waals surface area contributed by atoms with Gasteiger partial charge in [0.05, 0.1) is 16.5 Å². The van der Waals surface area contributed by atoms with Crippen LogP contribution in [0.15, 0.2) is 78.4 Å². The fourth-order valence-electron chi connectivity index (χ4n) is 4.85. The highest BCUT2D eigenvalue weighted by Crippen LogP contribution is 2.41. The highest BCUT2D eigenvalue weighted by Gasteiger charge is 2.46. The summed E-state index contributed by atoms with van der Waals surface area (Å²) in [7, 11) is 0. The van der Waals surface area contributed by atoms with Gasteiger partial charge in [-0.1, -0.05) is 30.3 Å². The van der Waals surface area contributed by atoms with Crippen LogP contribution in [0.4, 0.5) is 5.69 Å². The van der Waals surface area contributed by atoms with Gasteiger partial charge in [0.1, 0.15) is 17.6 Å². The summed E-state index contributed by atoms with van der Waals surface area (Å²) in [6, 6.07) is 19.6. The smallest absolute Gasteiger partial charge is 0.295 e. The van der Waals surface area contributed by atoms with E-state index in [1.807, 2.05) is 37.3 Å². The van der Waals surface area contributed by atoms with Gasteiger partial charge in [0, 0.05) is 30.7 Å². The summed E-state index contributed by atoms with van der Waals surface area (Å²) in [5.41, 5.74) is 2.69. The Morgan fingerprint density at radius 3 is 2.50 bits per heavy atom. The molecule has 0 aliphatic carbocycles. The normalized spacial score (nSPS) is 20.3. The minimum Gasteiger partial charge on any atom is -0.507 e. The molecular formula is C28H24N2O6. The van der Waals surface area contributed by atoms with Crippen molar-refractivity contribution in [3.63, 3.8) is 0 Å². The number of nitro groups is 1. The zero-order valence-corrected chi connectivity index (χ0v) is 19.6. The zero-order chi connectivity index (χ0) is 25.4. The second-order valence-electron chi connectivity index (χ2n) is 9.03. The summed E-state index contributed by atoms with van der Waals surface area (Å²) in [6.07, 6.45) is 1.19. The van der Waals surface area contributed by atoms with Crippen LogP contribution >= 0.6 is 0 Å². The van der Waals surface area contributed by atoms with Gasteiger partial charge in [0.15, 0.2) is 0 Å². The SMILES string of the molecule is CC1Cc2cc(/C(O)=C3/C(=O)C(=O)N(CCc4ccccc4)C3c3ccc([N+](=O)[O-])cc3)ccc2O1. The Balaban J connectivity index is 1.57. The lowest BCUT2D eigenvalue weighted by Crippen LogP contribution is -2.31. The number of ketones is 1. The molecule has 8 nitrogen and oxygen atoms in total. The number of non-ortho nitro benzene ring substituents is 1. The molecule has 1 saturated heterocycles. The molecule has 5 rings (SSSR count). The largest absolute Gasteiger partial charge is 0.507 e. The van der Waals surface area contributed by atoms with Crippen LogP contribution in [-0.2, 0) is 22.4 Å². The monoisotopic (exact) mass is 484 g/mol. The number of rotatable bonds is 6. The maximum absolute atomic E-state index is 13.2. The fraction of sp³-hybridized carbons (Fsp3) is 0.214. The van der Waals surface area contributed by atoms with Crippen LogP contribution in [0.3, 0.4) is 0 Å². The average molecular weight is 485 g/mol. The summed E-state index contributed by atoms with van der Waals surface area (Å²) >= 11 is 0. The summed E-state index contributed by atoms with van der Waals surface area (Å²) in [5.74, 6) is -1.04. The molecule has 3 aromatic carbocycles. The molecule has 0 radical (unpaired) electrons. The quantitative estimate of drug-likeness (QED) is 0.180. The fourth-order valence-corrected chi connectivity index (χ4v) is 4.85. The molecule has 2 aliphatic rings. The second-order valence-corrected chi connectivity index (χ2v) is 9.03. The number of hydrogen-bond donors (Lipinski definition) is 1. The average Bonchev–Trinajstić information content (AvgIpc) is 3.38. The number of ether oxygens (including phenoxy) is 1. The number of nitro benzene ring substituents is 1. The summed E-state index contributed by atoms with van der Waals surface area (Å²) < 4.78 is 5.74. The van der Waals surface area contributed by atoms with Crippen LogP contribution < -0.4 is 4.74 Å². The van der Waals surface area contributed by atoms with E-state index in [0.717, 1.165) is 16.9 Å². The van der Waals surface area contributed by atoms with Crippen LogP contribution in [0.5, 0.6) is 5.75 Å². The van der Waals surface area contributed by atoms with Crippen LogP contribution in [-0.4, -0.2) is 39.3 Å². The van der Waals surface area contributed by atoms with E-state index < -0.39 is 22.7 Å². The van der Waals surface area contributed by atoms with Gasteiger partial charge in [-0.05, 0) is 60.4 Å². The van der Waals surface area contributed by atoms with Crippen LogP contribution in [0.25, 0.3) is 5.76 Å². The first kappa shape index (κ1) is 23.3. The van der Waals surface area contributed by atoms with Crippen molar-refractivity contribution < 1.29 is 24.4 Å². The molecule has 36 heavy (non-hydrogen) atoms. The molecule has 3 aromatic rings. The number of nitrogens with zero attached hydrogens (tertiary/aromatic N) is 2. The second kappa shape index (κ2) is 9.30. The van der Waals surface area contributed by atoms with E-state index in [9.17, 15) is 24.8 Å². The van der Waals surface area contributed by atoms with E-state index in [1.54, 1.807) is 18.2 Å². The van der Waals surface area contributed by atoms with Crippen molar-refractivity contribution in [2.45, 2.75) is 31.9 Å². The van der Waals surface area contributed by atoms with Gasteiger partial charge in [0.25, 0.3) is 17.4 Å². The predicted octanol–water partition coefficient (Wildman–Crippen LogP) is 4.58. The van der Waals surface area contributed by atoms with Gasteiger partial charge >= 0.3 is 0 Å². The number of carbonyl (C=O) groups is 2. The number of hydrogen-bond acceptors (Lipinski definition) is 6. The molecule has 8 heteroatoms. The lowest BCUT2D eigenvalue weighted by molar-refractivity contribution is -0.384. The van der Waals surface area contributed by atoms with Crippen molar-refractivity contribution in [1.29, 1.82) is 0 Å². The number of amides is 1. The lowest BCUT2D eigenvalue weighted by Gasteiger charge is -2.25. The van der Waals surface area contributed by atoms with E-state index in [0.29, 0.717) is 24.0 Å². The third kappa shape index (κ3) is 4.22. The van der Waals surface area contributed by atoms with Gasteiger partial charge in [-0.25, -0.2) is 0 Å². The van der Waals surface area contributed by atoms with E-state index in [1.165, 1.54) is 29.2 Å².